The lowest BCUT2D eigenvalue weighted by atomic mass is 10.2. The van der Waals surface area contributed by atoms with Gasteiger partial charge in [0, 0.05) is 17.0 Å². The van der Waals surface area contributed by atoms with Crippen molar-refractivity contribution in [3.63, 3.8) is 0 Å². The van der Waals surface area contributed by atoms with Gasteiger partial charge in [0.15, 0.2) is 5.82 Å². The molecule has 0 spiro atoms. The van der Waals surface area contributed by atoms with E-state index in [-0.39, 0.29) is 11.5 Å². The Kier molecular flexibility index (Phi) is 5.25. The van der Waals surface area contributed by atoms with E-state index in [9.17, 15) is 5.11 Å². The van der Waals surface area contributed by atoms with Crippen LogP contribution in [0.15, 0.2) is 71.4 Å². The molecule has 1 aromatic heterocycles. The summed E-state index contributed by atoms with van der Waals surface area (Å²) >= 11 is 0. The molecule has 0 radical (unpaired) electrons. The Morgan fingerprint density at radius 2 is 2.05 bits per heavy atom. The molecule has 22 heavy (non-hydrogen) atoms. The summed E-state index contributed by atoms with van der Waals surface area (Å²) in [7, 11) is 0. The van der Waals surface area contributed by atoms with E-state index < -0.39 is 0 Å². The van der Waals surface area contributed by atoms with Crippen molar-refractivity contribution in [3.05, 3.63) is 66.3 Å². The van der Waals surface area contributed by atoms with Crippen LogP contribution in [0, 0.1) is 0 Å². The third kappa shape index (κ3) is 4.45. The van der Waals surface area contributed by atoms with E-state index >= 15 is 0 Å². The van der Waals surface area contributed by atoms with Crippen LogP contribution in [0.2, 0.25) is 0 Å². The summed E-state index contributed by atoms with van der Waals surface area (Å²) in [6.45, 7) is 1.52. The molecule has 0 atom stereocenters. The Labute approximate surface area is 127 Å². The first-order valence-electron chi connectivity index (χ1n) is 6.59. The van der Waals surface area contributed by atoms with Gasteiger partial charge in [-0.05, 0) is 31.2 Å². The van der Waals surface area contributed by atoms with Crippen molar-refractivity contribution < 1.29 is 10.2 Å². The molecule has 0 saturated carbocycles. The second kappa shape index (κ2) is 7.58. The van der Waals surface area contributed by atoms with E-state index in [0.717, 1.165) is 10.8 Å². The predicted molar refractivity (Wildman–Crippen MR) is 87.9 cm³/mol. The average Bonchev–Trinajstić information content (AvgIpc) is 2.52. The Hall–Kier alpha value is -3.15. The minimum absolute atomic E-state index is 0.00445. The minimum atomic E-state index is 0.00445. The molecule has 1 aromatic carbocycles. The van der Waals surface area contributed by atoms with Gasteiger partial charge in [-0.25, -0.2) is 0 Å². The highest BCUT2D eigenvalue weighted by atomic mass is 16.3. The molecule has 1 heterocycles. The van der Waals surface area contributed by atoms with Crippen molar-refractivity contribution in [2.24, 2.45) is 5.10 Å². The van der Waals surface area contributed by atoms with Crippen LogP contribution in [0.5, 0.6) is 0 Å². The second-order valence-corrected chi connectivity index (χ2v) is 4.43. The van der Waals surface area contributed by atoms with Gasteiger partial charge in [-0.2, -0.15) is 10.2 Å². The van der Waals surface area contributed by atoms with Gasteiger partial charge in [0.25, 0.3) is 0 Å². The lowest BCUT2D eigenvalue weighted by molar-refractivity contribution is 0.411. The van der Waals surface area contributed by atoms with E-state index in [1.54, 1.807) is 12.3 Å². The fourth-order valence-electron chi connectivity index (χ4n) is 1.66. The number of aliphatic hydroxyl groups excluding tert-OH is 2. The molecule has 0 aliphatic carbocycles. The first-order valence-corrected chi connectivity index (χ1v) is 6.59. The zero-order valence-electron chi connectivity index (χ0n) is 12.0. The topological polar surface area (TPSA) is 90.6 Å². The van der Waals surface area contributed by atoms with Gasteiger partial charge in [-0.15, -0.1) is 5.10 Å². The number of fused-ring (bicyclic) bond motifs is 1. The van der Waals surface area contributed by atoms with E-state index in [1.165, 1.54) is 31.4 Å². The maximum absolute atomic E-state index is 9.47. The van der Waals surface area contributed by atoms with E-state index in [1.807, 2.05) is 24.3 Å². The second-order valence-electron chi connectivity index (χ2n) is 4.43. The van der Waals surface area contributed by atoms with E-state index in [2.05, 4.69) is 20.7 Å². The fourth-order valence-corrected chi connectivity index (χ4v) is 1.66. The summed E-state index contributed by atoms with van der Waals surface area (Å²) in [4.78, 5) is 0. The van der Waals surface area contributed by atoms with Gasteiger partial charge < -0.3 is 10.2 Å². The van der Waals surface area contributed by atoms with Gasteiger partial charge in [-0.1, -0.05) is 24.3 Å². The number of hydrazone groups is 1. The van der Waals surface area contributed by atoms with Crippen LogP contribution in [0.3, 0.4) is 0 Å². The minimum Gasteiger partial charge on any atom is -0.513 e. The first kappa shape index (κ1) is 15.2. The number of nitrogens with zero attached hydrogens (tertiary/aromatic N) is 3. The van der Waals surface area contributed by atoms with Gasteiger partial charge in [0.1, 0.15) is 5.76 Å². The van der Waals surface area contributed by atoms with Crippen molar-refractivity contribution in [2.75, 3.05) is 5.43 Å². The molecule has 0 aliphatic heterocycles. The number of benzene rings is 1. The van der Waals surface area contributed by atoms with Crippen molar-refractivity contribution in [1.82, 2.24) is 10.2 Å². The number of anilines is 1. The van der Waals surface area contributed by atoms with Crippen molar-refractivity contribution in [3.8, 4) is 0 Å². The molecule has 0 bridgehead atoms. The zero-order valence-corrected chi connectivity index (χ0v) is 12.0. The van der Waals surface area contributed by atoms with Crippen molar-refractivity contribution in [2.45, 2.75) is 6.92 Å². The number of hydrogen-bond acceptors (Lipinski definition) is 6. The first-order chi connectivity index (χ1) is 10.7. The third-order valence-electron chi connectivity index (χ3n) is 2.66. The molecule has 0 unspecified atom stereocenters. The van der Waals surface area contributed by atoms with Crippen LogP contribution >= 0.6 is 0 Å². The van der Waals surface area contributed by atoms with Crippen molar-refractivity contribution >= 4 is 22.8 Å². The molecule has 0 fully saturated rings. The zero-order chi connectivity index (χ0) is 15.8. The van der Waals surface area contributed by atoms with Crippen LogP contribution in [-0.4, -0.2) is 26.6 Å². The molecule has 0 amide bonds. The SMILES string of the molecule is C\C(O)=C/C=C(O)\C=C\C=N\Nc1nncc2ccccc12. The third-order valence-corrected chi connectivity index (χ3v) is 2.66. The summed E-state index contributed by atoms with van der Waals surface area (Å²) in [5.41, 5.74) is 2.80. The van der Waals surface area contributed by atoms with E-state index in [0.29, 0.717) is 5.82 Å². The lowest BCUT2D eigenvalue weighted by Gasteiger charge is -2.02. The van der Waals surface area contributed by atoms with Crippen LogP contribution in [-0.2, 0) is 0 Å². The van der Waals surface area contributed by atoms with Crippen molar-refractivity contribution in [1.29, 1.82) is 0 Å². The normalized spacial score (nSPS) is 13.3. The average molecular weight is 296 g/mol. The highest BCUT2D eigenvalue weighted by Gasteiger charge is 2.00. The smallest absolute Gasteiger partial charge is 0.176 e. The molecular weight excluding hydrogens is 280 g/mol. The summed E-state index contributed by atoms with van der Waals surface area (Å²) in [6, 6.07) is 7.71. The molecule has 6 nitrogen and oxygen atoms in total. The molecule has 112 valence electrons. The highest BCUT2D eigenvalue weighted by molar-refractivity contribution is 5.91. The number of aliphatic hydroxyl groups is 2. The van der Waals surface area contributed by atoms with E-state index in [4.69, 9.17) is 5.11 Å². The molecule has 2 rings (SSSR count). The maximum atomic E-state index is 9.47. The van der Waals surface area contributed by atoms with Gasteiger partial charge in [0.2, 0.25) is 0 Å². The van der Waals surface area contributed by atoms with Crippen LogP contribution in [0.4, 0.5) is 5.82 Å². The van der Waals surface area contributed by atoms with Gasteiger partial charge >= 0.3 is 0 Å². The summed E-state index contributed by atoms with van der Waals surface area (Å²) in [6.07, 6.45) is 8.92. The molecule has 3 N–H and O–H groups in total. The Morgan fingerprint density at radius 3 is 2.86 bits per heavy atom. The Balaban J connectivity index is 2.00. The van der Waals surface area contributed by atoms with Gasteiger partial charge in [-0.3, -0.25) is 5.43 Å². The summed E-state index contributed by atoms with van der Waals surface area (Å²) in [5, 5.41) is 32.2. The number of hydrogen-bond donors (Lipinski definition) is 3. The van der Waals surface area contributed by atoms with Gasteiger partial charge in [0.05, 0.1) is 12.0 Å². The predicted octanol–water partition coefficient (Wildman–Crippen LogP) is 3.49. The molecule has 0 aliphatic rings. The number of nitrogens with one attached hydrogen (secondary N) is 1. The largest absolute Gasteiger partial charge is 0.513 e. The highest BCUT2D eigenvalue weighted by Crippen LogP contribution is 2.18. The number of rotatable bonds is 5. The maximum Gasteiger partial charge on any atom is 0.176 e. The van der Waals surface area contributed by atoms with Crippen LogP contribution in [0.1, 0.15) is 6.92 Å². The Bertz CT molecular complexity index is 754. The summed E-state index contributed by atoms with van der Waals surface area (Å²) < 4.78 is 0. The standard InChI is InChI=1S/C16H16N4O2/c1-12(21)8-9-14(22)6-4-10-17-19-16-15-7-3-2-5-13(15)11-18-20-16/h2-11,21-22H,1H3,(H,19,20)/b6-4+,12-8+,14-9+,17-10+. The molecule has 6 heteroatoms. The summed E-state index contributed by atoms with van der Waals surface area (Å²) in [5.74, 6) is 0.677. The number of allylic oxidation sites excluding steroid dienone is 5. The van der Waals surface area contributed by atoms with Crippen LogP contribution in [0.25, 0.3) is 10.8 Å². The molecule has 2 aromatic rings. The number of aromatic nitrogens is 2. The monoisotopic (exact) mass is 296 g/mol. The lowest BCUT2D eigenvalue weighted by Crippen LogP contribution is -1.95. The quantitative estimate of drug-likeness (QED) is 0.340. The Morgan fingerprint density at radius 1 is 1.23 bits per heavy atom. The van der Waals surface area contributed by atoms with Crippen LogP contribution < -0.4 is 5.43 Å². The molecule has 0 saturated heterocycles. The fraction of sp³-hybridized carbons (Fsp3) is 0.0625. The molecular formula is C16H16N4O2.